The number of nitrogens with one attached hydrogen (secondary N) is 3. The molecule has 0 spiro atoms. The maximum absolute atomic E-state index is 12.3. The molecule has 3 N–H and O–H groups in total. The minimum Gasteiger partial charge on any atom is -0.334 e. The van der Waals surface area contributed by atoms with Gasteiger partial charge in [-0.05, 0) is 36.4 Å². The van der Waals surface area contributed by atoms with Crippen LogP contribution in [0.3, 0.4) is 0 Å². The standard InChI is InChI=1S/C21H20N4O4/c1-2-12-22-21(29)24-15-9-7-14(8-10-15)23-18(26)11-13-25-19(27)16-5-3-4-6-17(16)20(25)28/h2-10H,1,11-13H2,(H,23,26)(H2,22,24,29). The first kappa shape index (κ1) is 19.8. The molecule has 0 aromatic heterocycles. The highest BCUT2D eigenvalue weighted by Crippen LogP contribution is 2.22. The zero-order valence-electron chi connectivity index (χ0n) is 15.6. The van der Waals surface area contributed by atoms with Gasteiger partial charge >= 0.3 is 6.03 Å². The lowest BCUT2D eigenvalue weighted by molar-refractivity contribution is -0.116. The molecule has 0 unspecified atom stereocenters. The van der Waals surface area contributed by atoms with Gasteiger partial charge in [-0.15, -0.1) is 6.58 Å². The van der Waals surface area contributed by atoms with Crippen molar-refractivity contribution in [2.24, 2.45) is 0 Å². The van der Waals surface area contributed by atoms with E-state index in [4.69, 9.17) is 0 Å². The molecule has 0 radical (unpaired) electrons. The van der Waals surface area contributed by atoms with Crippen molar-refractivity contribution in [2.75, 3.05) is 23.7 Å². The average molecular weight is 392 g/mol. The van der Waals surface area contributed by atoms with Crippen molar-refractivity contribution in [3.05, 3.63) is 72.3 Å². The van der Waals surface area contributed by atoms with Crippen LogP contribution in [0, 0.1) is 0 Å². The minimum atomic E-state index is -0.386. The molecule has 0 saturated carbocycles. The van der Waals surface area contributed by atoms with Crippen molar-refractivity contribution < 1.29 is 19.2 Å². The second-order valence-electron chi connectivity index (χ2n) is 6.31. The van der Waals surface area contributed by atoms with E-state index in [0.717, 1.165) is 4.90 Å². The molecule has 0 saturated heterocycles. The zero-order chi connectivity index (χ0) is 20.8. The third-order valence-electron chi connectivity index (χ3n) is 4.27. The van der Waals surface area contributed by atoms with Gasteiger partial charge in [0, 0.05) is 30.9 Å². The molecular formula is C21H20N4O4. The van der Waals surface area contributed by atoms with Gasteiger partial charge in [-0.2, -0.15) is 0 Å². The summed E-state index contributed by atoms with van der Waals surface area (Å²) in [5.74, 6) is -1.10. The van der Waals surface area contributed by atoms with E-state index in [-0.39, 0.29) is 36.7 Å². The molecule has 0 fully saturated rings. The third kappa shape index (κ3) is 4.67. The molecule has 148 valence electrons. The van der Waals surface area contributed by atoms with E-state index in [0.29, 0.717) is 29.0 Å². The molecule has 8 nitrogen and oxygen atoms in total. The fourth-order valence-corrected chi connectivity index (χ4v) is 2.86. The van der Waals surface area contributed by atoms with E-state index in [1.165, 1.54) is 0 Å². The van der Waals surface area contributed by atoms with Gasteiger partial charge in [-0.25, -0.2) is 4.79 Å². The predicted molar refractivity (Wildman–Crippen MR) is 109 cm³/mol. The Kier molecular flexibility index (Phi) is 6.03. The topological polar surface area (TPSA) is 108 Å². The van der Waals surface area contributed by atoms with E-state index in [9.17, 15) is 19.2 Å². The molecule has 0 atom stereocenters. The van der Waals surface area contributed by atoms with Gasteiger partial charge in [0.05, 0.1) is 11.1 Å². The molecule has 8 heteroatoms. The van der Waals surface area contributed by atoms with Gasteiger partial charge in [0.15, 0.2) is 0 Å². The summed E-state index contributed by atoms with van der Waals surface area (Å²) < 4.78 is 0. The van der Waals surface area contributed by atoms with E-state index in [1.54, 1.807) is 54.6 Å². The van der Waals surface area contributed by atoms with Gasteiger partial charge in [-0.3, -0.25) is 19.3 Å². The highest BCUT2D eigenvalue weighted by atomic mass is 16.2. The number of hydrogen-bond donors (Lipinski definition) is 3. The minimum absolute atomic E-state index is 0.00128. The first-order valence-corrected chi connectivity index (χ1v) is 9.00. The number of urea groups is 1. The van der Waals surface area contributed by atoms with Crippen LogP contribution in [0.5, 0.6) is 0 Å². The lowest BCUT2D eigenvalue weighted by Crippen LogP contribution is -2.32. The Morgan fingerprint density at radius 1 is 0.897 bits per heavy atom. The lowest BCUT2D eigenvalue weighted by Gasteiger charge is -2.13. The highest BCUT2D eigenvalue weighted by Gasteiger charge is 2.34. The number of amides is 5. The van der Waals surface area contributed by atoms with Gasteiger partial charge < -0.3 is 16.0 Å². The Balaban J connectivity index is 1.50. The van der Waals surface area contributed by atoms with Crippen LogP contribution in [-0.2, 0) is 4.79 Å². The quantitative estimate of drug-likeness (QED) is 0.497. The summed E-state index contributed by atoms with van der Waals surface area (Å²) in [5.41, 5.74) is 1.82. The number of carbonyl (C=O) groups is 4. The molecular weight excluding hydrogens is 372 g/mol. The molecule has 1 heterocycles. The van der Waals surface area contributed by atoms with E-state index >= 15 is 0 Å². The molecule has 2 aromatic carbocycles. The van der Waals surface area contributed by atoms with Crippen LogP contribution in [0.2, 0.25) is 0 Å². The average Bonchev–Trinajstić information content (AvgIpc) is 2.97. The van der Waals surface area contributed by atoms with Gasteiger partial charge in [-0.1, -0.05) is 18.2 Å². The van der Waals surface area contributed by atoms with Crippen molar-refractivity contribution in [3.63, 3.8) is 0 Å². The number of fused-ring (bicyclic) bond motifs is 1. The maximum Gasteiger partial charge on any atom is 0.319 e. The van der Waals surface area contributed by atoms with Crippen molar-refractivity contribution in [2.45, 2.75) is 6.42 Å². The number of hydrogen-bond acceptors (Lipinski definition) is 4. The summed E-state index contributed by atoms with van der Waals surface area (Å²) in [6.07, 6.45) is 1.55. The number of anilines is 2. The molecule has 29 heavy (non-hydrogen) atoms. The SMILES string of the molecule is C=CCNC(=O)Nc1ccc(NC(=O)CCN2C(=O)c3ccccc3C2=O)cc1. The fraction of sp³-hybridized carbons (Fsp3) is 0.143. The Morgan fingerprint density at radius 2 is 1.45 bits per heavy atom. The number of imide groups is 1. The molecule has 3 rings (SSSR count). The number of rotatable bonds is 7. The first-order valence-electron chi connectivity index (χ1n) is 9.00. The normalized spacial score (nSPS) is 12.3. The Morgan fingerprint density at radius 3 is 2.00 bits per heavy atom. The Bertz CT molecular complexity index is 934. The summed E-state index contributed by atoms with van der Waals surface area (Å²) in [5, 5.41) is 7.93. The molecule has 0 aliphatic carbocycles. The molecule has 0 bridgehead atoms. The van der Waals surface area contributed by atoms with Gasteiger partial charge in [0.25, 0.3) is 11.8 Å². The largest absolute Gasteiger partial charge is 0.334 e. The summed E-state index contributed by atoms with van der Waals surface area (Å²) >= 11 is 0. The van der Waals surface area contributed by atoms with Crippen LogP contribution >= 0.6 is 0 Å². The number of benzene rings is 2. The van der Waals surface area contributed by atoms with E-state index in [2.05, 4.69) is 22.5 Å². The van der Waals surface area contributed by atoms with Crippen LogP contribution in [0.25, 0.3) is 0 Å². The van der Waals surface area contributed by atoms with Crippen molar-refractivity contribution >= 4 is 35.1 Å². The number of nitrogens with zero attached hydrogens (tertiary/aromatic N) is 1. The Labute approximate surface area is 167 Å². The van der Waals surface area contributed by atoms with E-state index in [1.807, 2.05) is 0 Å². The predicted octanol–water partition coefficient (Wildman–Crippen LogP) is 2.62. The van der Waals surface area contributed by atoms with Crippen molar-refractivity contribution in [1.82, 2.24) is 10.2 Å². The second-order valence-corrected chi connectivity index (χ2v) is 6.31. The van der Waals surface area contributed by atoms with Gasteiger partial charge in [0.2, 0.25) is 5.91 Å². The molecule has 2 aromatic rings. The Hall–Kier alpha value is -3.94. The molecule has 1 aliphatic rings. The summed E-state index contributed by atoms with van der Waals surface area (Å²) in [4.78, 5) is 49.4. The lowest BCUT2D eigenvalue weighted by atomic mass is 10.1. The van der Waals surface area contributed by atoms with Crippen LogP contribution in [0.15, 0.2) is 61.2 Å². The third-order valence-corrected chi connectivity index (χ3v) is 4.27. The van der Waals surface area contributed by atoms with Crippen molar-refractivity contribution in [3.8, 4) is 0 Å². The zero-order valence-corrected chi connectivity index (χ0v) is 15.6. The van der Waals surface area contributed by atoms with Crippen LogP contribution in [0.4, 0.5) is 16.2 Å². The smallest absolute Gasteiger partial charge is 0.319 e. The summed E-state index contributed by atoms with van der Waals surface area (Å²) in [7, 11) is 0. The van der Waals surface area contributed by atoms with Crippen molar-refractivity contribution in [1.29, 1.82) is 0 Å². The molecule has 5 amide bonds. The monoisotopic (exact) mass is 392 g/mol. The maximum atomic E-state index is 12.3. The fourth-order valence-electron chi connectivity index (χ4n) is 2.86. The summed E-state index contributed by atoms with van der Waals surface area (Å²) in [6.45, 7) is 3.87. The molecule has 1 aliphatic heterocycles. The highest BCUT2D eigenvalue weighted by molar-refractivity contribution is 6.21. The van der Waals surface area contributed by atoms with Gasteiger partial charge in [0.1, 0.15) is 0 Å². The summed E-state index contributed by atoms with van der Waals surface area (Å²) in [6, 6.07) is 12.8. The van der Waals surface area contributed by atoms with Crippen LogP contribution < -0.4 is 16.0 Å². The first-order chi connectivity index (χ1) is 14.0. The van der Waals surface area contributed by atoms with Crippen LogP contribution in [0.1, 0.15) is 27.1 Å². The van der Waals surface area contributed by atoms with Crippen LogP contribution in [-0.4, -0.2) is 41.7 Å². The second kappa shape index (κ2) is 8.83. The number of carbonyl (C=O) groups excluding carboxylic acids is 4. The van der Waals surface area contributed by atoms with E-state index < -0.39 is 0 Å².